The Bertz CT molecular complexity index is 854. The smallest absolute Gasteiger partial charge is 0.137 e. The van der Waals surface area contributed by atoms with Crippen LogP contribution < -0.4 is 5.32 Å². The van der Waals surface area contributed by atoms with E-state index >= 15 is 0 Å². The van der Waals surface area contributed by atoms with Crippen molar-refractivity contribution in [3.8, 4) is 11.3 Å². The summed E-state index contributed by atoms with van der Waals surface area (Å²) in [5.74, 6) is 3.11. The molecule has 6 heteroatoms. The lowest BCUT2D eigenvalue weighted by molar-refractivity contribution is 0.360. The zero-order valence-corrected chi connectivity index (χ0v) is 13.5. The molecule has 0 bridgehead atoms. The second-order valence-corrected chi connectivity index (χ2v) is 6.14. The first-order valence-electron chi connectivity index (χ1n) is 8.16. The molecule has 1 atom stereocenters. The standard InChI is InChI=1S/C18H19FN4O/c1-12-21-22-18-9-6-13(11-23(12)18)20-10-14-7-8-17(24-14)15-4-2-3-5-16(15)19/h2-5,7-8,13,20H,6,9-11H2,1H3. The molecule has 124 valence electrons. The van der Waals surface area contributed by atoms with Crippen molar-refractivity contribution < 1.29 is 8.81 Å². The molecule has 1 unspecified atom stereocenters. The minimum Gasteiger partial charge on any atom is -0.460 e. The fourth-order valence-corrected chi connectivity index (χ4v) is 3.15. The minimum atomic E-state index is -0.269. The van der Waals surface area contributed by atoms with Gasteiger partial charge in [0.05, 0.1) is 12.1 Å². The highest BCUT2D eigenvalue weighted by atomic mass is 19.1. The fourth-order valence-electron chi connectivity index (χ4n) is 3.15. The quantitative estimate of drug-likeness (QED) is 0.800. The number of rotatable bonds is 4. The van der Waals surface area contributed by atoms with E-state index in [2.05, 4.69) is 20.1 Å². The van der Waals surface area contributed by atoms with E-state index in [4.69, 9.17) is 4.42 Å². The molecule has 3 heterocycles. The van der Waals surface area contributed by atoms with Gasteiger partial charge in [0.1, 0.15) is 29.0 Å². The number of hydrogen-bond acceptors (Lipinski definition) is 4. The summed E-state index contributed by atoms with van der Waals surface area (Å²) in [7, 11) is 0. The SMILES string of the molecule is Cc1nnc2n1CC(NCc1ccc(-c3ccccc3F)o1)CC2. The molecule has 1 aliphatic heterocycles. The van der Waals surface area contributed by atoms with E-state index in [-0.39, 0.29) is 5.82 Å². The summed E-state index contributed by atoms with van der Waals surface area (Å²) in [4.78, 5) is 0. The molecule has 0 amide bonds. The van der Waals surface area contributed by atoms with Crippen LogP contribution in [-0.2, 0) is 19.5 Å². The van der Waals surface area contributed by atoms with Gasteiger partial charge in [-0.25, -0.2) is 4.39 Å². The molecule has 0 spiro atoms. The lowest BCUT2D eigenvalue weighted by Gasteiger charge is -2.24. The van der Waals surface area contributed by atoms with E-state index in [9.17, 15) is 4.39 Å². The van der Waals surface area contributed by atoms with Gasteiger partial charge in [0.25, 0.3) is 0 Å². The average molecular weight is 326 g/mol. The zero-order valence-electron chi connectivity index (χ0n) is 13.5. The molecule has 0 saturated heterocycles. The number of aromatic nitrogens is 3. The second kappa shape index (κ2) is 6.20. The maximum Gasteiger partial charge on any atom is 0.137 e. The highest BCUT2D eigenvalue weighted by Gasteiger charge is 2.21. The molecule has 1 N–H and O–H groups in total. The Morgan fingerprint density at radius 3 is 3.00 bits per heavy atom. The molecule has 0 saturated carbocycles. The van der Waals surface area contributed by atoms with Gasteiger partial charge in [-0.2, -0.15) is 0 Å². The lowest BCUT2D eigenvalue weighted by atomic mass is 10.1. The summed E-state index contributed by atoms with van der Waals surface area (Å²) >= 11 is 0. The third kappa shape index (κ3) is 2.85. The van der Waals surface area contributed by atoms with Crippen molar-refractivity contribution in [2.75, 3.05) is 0 Å². The Morgan fingerprint density at radius 2 is 2.12 bits per heavy atom. The van der Waals surface area contributed by atoms with Crippen LogP contribution in [0.5, 0.6) is 0 Å². The van der Waals surface area contributed by atoms with Crippen molar-refractivity contribution in [1.82, 2.24) is 20.1 Å². The van der Waals surface area contributed by atoms with Crippen LogP contribution in [0.3, 0.4) is 0 Å². The third-order valence-electron chi connectivity index (χ3n) is 4.50. The van der Waals surface area contributed by atoms with E-state index in [0.29, 0.717) is 23.9 Å². The fraction of sp³-hybridized carbons (Fsp3) is 0.333. The normalized spacial score (nSPS) is 17.0. The molecular formula is C18H19FN4O. The molecule has 4 rings (SSSR count). The first-order chi connectivity index (χ1) is 11.7. The maximum absolute atomic E-state index is 13.8. The summed E-state index contributed by atoms with van der Waals surface area (Å²) in [5.41, 5.74) is 0.492. The highest BCUT2D eigenvalue weighted by molar-refractivity contribution is 5.58. The van der Waals surface area contributed by atoms with Crippen molar-refractivity contribution in [3.05, 3.63) is 59.6 Å². The molecular weight excluding hydrogens is 307 g/mol. The molecule has 0 aliphatic carbocycles. The molecule has 0 radical (unpaired) electrons. The van der Waals surface area contributed by atoms with E-state index in [1.54, 1.807) is 18.2 Å². The maximum atomic E-state index is 13.8. The first-order valence-corrected chi connectivity index (χ1v) is 8.16. The van der Waals surface area contributed by atoms with Crippen LogP contribution >= 0.6 is 0 Å². The van der Waals surface area contributed by atoms with Crippen LogP contribution in [0.1, 0.15) is 23.8 Å². The van der Waals surface area contributed by atoms with Gasteiger partial charge in [0.2, 0.25) is 0 Å². The number of aryl methyl sites for hydroxylation is 2. The van der Waals surface area contributed by atoms with Gasteiger partial charge >= 0.3 is 0 Å². The number of benzene rings is 1. The number of nitrogens with zero attached hydrogens (tertiary/aromatic N) is 3. The number of nitrogens with one attached hydrogen (secondary N) is 1. The Kier molecular flexibility index (Phi) is 3.90. The number of furan rings is 1. The summed E-state index contributed by atoms with van der Waals surface area (Å²) in [6, 6.07) is 10.7. The van der Waals surface area contributed by atoms with Crippen molar-refractivity contribution >= 4 is 0 Å². The summed E-state index contributed by atoms with van der Waals surface area (Å²) in [5, 5.41) is 11.8. The van der Waals surface area contributed by atoms with E-state index in [1.165, 1.54) is 6.07 Å². The predicted molar refractivity (Wildman–Crippen MR) is 87.8 cm³/mol. The molecule has 2 aromatic heterocycles. The highest BCUT2D eigenvalue weighted by Crippen LogP contribution is 2.25. The van der Waals surface area contributed by atoms with Gasteiger partial charge in [-0.05, 0) is 37.6 Å². The molecule has 1 aliphatic rings. The number of halogens is 1. The van der Waals surface area contributed by atoms with Gasteiger partial charge in [-0.15, -0.1) is 10.2 Å². The number of fused-ring (bicyclic) bond motifs is 1. The van der Waals surface area contributed by atoms with Crippen molar-refractivity contribution in [1.29, 1.82) is 0 Å². The third-order valence-corrected chi connectivity index (χ3v) is 4.50. The van der Waals surface area contributed by atoms with Gasteiger partial charge in [0, 0.05) is 19.0 Å². The second-order valence-electron chi connectivity index (χ2n) is 6.14. The first kappa shape index (κ1) is 15.1. The van der Waals surface area contributed by atoms with Crippen molar-refractivity contribution in [2.45, 2.75) is 38.9 Å². The monoisotopic (exact) mass is 326 g/mol. The zero-order chi connectivity index (χ0) is 16.5. The topological polar surface area (TPSA) is 55.9 Å². The van der Waals surface area contributed by atoms with E-state index in [0.717, 1.165) is 36.8 Å². The molecule has 0 fully saturated rings. The Labute approximate surface area is 139 Å². The molecule has 3 aromatic rings. The largest absolute Gasteiger partial charge is 0.460 e. The van der Waals surface area contributed by atoms with Crippen LogP contribution in [0.4, 0.5) is 4.39 Å². The van der Waals surface area contributed by atoms with Crippen molar-refractivity contribution in [3.63, 3.8) is 0 Å². The number of hydrogen-bond donors (Lipinski definition) is 1. The van der Waals surface area contributed by atoms with Crippen LogP contribution in [0.25, 0.3) is 11.3 Å². The summed E-state index contributed by atoms with van der Waals surface area (Å²) < 4.78 is 21.8. The van der Waals surface area contributed by atoms with E-state index in [1.807, 2.05) is 19.1 Å². The average Bonchev–Trinajstić information content (AvgIpc) is 3.21. The predicted octanol–water partition coefficient (Wildman–Crippen LogP) is 3.09. The Balaban J connectivity index is 1.41. The Hall–Kier alpha value is -2.47. The summed E-state index contributed by atoms with van der Waals surface area (Å²) in [6.45, 7) is 3.47. The molecule has 1 aromatic carbocycles. The van der Waals surface area contributed by atoms with Crippen LogP contribution in [0.15, 0.2) is 40.8 Å². The van der Waals surface area contributed by atoms with Gasteiger partial charge in [-0.3, -0.25) is 0 Å². The van der Waals surface area contributed by atoms with Crippen LogP contribution in [0.2, 0.25) is 0 Å². The summed E-state index contributed by atoms with van der Waals surface area (Å²) in [6.07, 6.45) is 1.95. The van der Waals surface area contributed by atoms with Crippen LogP contribution in [0, 0.1) is 12.7 Å². The van der Waals surface area contributed by atoms with Crippen molar-refractivity contribution in [2.24, 2.45) is 0 Å². The van der Waals surface area contributed by atoms with Gasteiger partial charge < -0.3 is 14.3 Å². The lowest BCUT2D eigenvalue weighted by Crippen LogP contribution is -2.37. The van der Waals surface area contributed by atoms with Gasteiger partial charge in [0.15, 0.2) is 0 Å². The minimum absolute atomic E-state index is 0.269. The Morgan fingerprint density at radius 1 is 1.25 bits per heavy atom. The van der Waals surface area contributed by atoms with E-state index < -0.39 is 0 Å². The molecule has 5 nitrogen and oxygen atoms in total. The van der Waals surface area contributed by atoms with Gasteiger partial charge in [-0.1, -0.05) is 12.1 Å². The van der Waals surface area contributed by atoms with Crippen LogP contribution in [-0.4, -0.2) is 20.8 Å². The molecule has 24 heavy (non-hydrogen) atoms.